The summed E-state index contributed by atoms with van der Waals surface area (Å²) in [6, 6.07) is 9.31. The number of benzene rings is 1. The van der Waals surface area contributed by atoms with Gasteiger partial charge in [-0.2, -0.15) is 20.7 Å². The number of fused-ring (bicyclic) bond motifs is 1. The minimum Gasteiger partial charge on any atom is -0.273 e. The van der Waals surface area contributed by atoms with E-state index in [1.54, 1.807) is 29.9 Å². The van der Waals surface area contributed by atoms with Gasteiger partial charge in [0.15, 0.2) is 5.69 Å². The van der Waals surface area contributed by atoms with Crippen molar-refractivity contribution in [1.82, 2.24) is 19.8 Å². The van der Waals surface area contributed by atoms with Gasteiger partial charge in [0, 0.05) is 29.8 Å². The van der Waals surface area contributed by atoms with E-state index in [2.05, 4.69) is 27.8 Å². The number of hydrazone groups is 1. The van der Waals surface area contributed by atoms with Crippen LogP contribution >= 0.6 is 11.3 Å². The Kier molecular flexibility index (Phi) is 5.38. The highest BCUT2D eigenvalue weighted by Gasteiger charge is 2.30. The summed E-state index contributed by atoms with van der Waals surface area (Å²) in [5.74, 6) is -0.104. The van der Waals surface area contributed by atoms with Gasteiger partial charge < -0.3 is 0 Å². The smallest absolute Gasteiger partial charge is 0.243 e. The monoisotopic (exact) mass is 415 g/mol. The first-order valence-electron chi connectivity index (χ1n) is 9.31. The summed E-state index contributed by atoms with van der Waals surface area (Å²) in [5.41, 5.74) is 2.74. The molecule has 0 N–H and O–H groups in total. The molecule has 4 rings (SSSR count). The predicted octanol–water partition coefficient (Wildman–Crippen LogP) is 3.53. The minimum atomic E-state index is -0.248. The molecule has 2 aromatic heterocycles. The van der Waals surface area contributed by atoms with Gasteiger partial charge in [-0.25, -0.2) is 9.99 Å². The zero-order valence-corrected chi connectivity index (χ0v) is 16.8. The molecule has 1 unspecified atom stereocenters. The maximum Gasteiger partial charge on any atom is 0.243 e. The number of allylic oxidation sites excluding steroid dienone is 1. The highest BCUT2D eigenvalue weighted by Crippen LogP contribution is 2.31. The molecular weight excluding hydrogens is 398 g/mol. The van der Waals surface area contributed by atoms with Gasteiger partial charge in [-0.3, -0.25) is 9.48 Å². The third kappa shape index (κ3) is 3.84. The number of thiazole rings is 1. The summed E-state index contributed by atoms with van der Waals surface area (Å²) < 4.78 is 1.82. The second-order valence-electron chi connectivity index (χ2n) is 6.91. The molecule has 0 spiro atoms. The summed E-state index contributed by atoms with van der Waals surface area (Å²) in [7, 11) is 0. The molecule has 9 heteroatoms. The lowest BCUT2D eigenvalue weighted by atomic mass is 10.1. The van der Waals surface area contributed by atoms with Crippen molar-refractivity contribution in [2.75, 3.05) is 0 Å². The first kappa shape index (κ1) is 19.5. The third-order valence-electron chi connectivity index (χ3n) is 4.84. The van der Waals surface area contributed by atoms with Crippen molar-refractivity contribution in [3.8, 4) is 12.1 Å². The zero-order chi connectivity index (χ0) is 21.1. The second-order valence-corrected chi connectivity index (χ2v) is 7.80. The van der Waals surface area contributed by atoms with Crippen LogP contribution in [0.1, 0.15) is 41.6 Å². The van der Waals surface area contributed by atoms with Crippen molar-refractivity contribution >= 4 is 34.4 Å². The Morgan fingerprint density at radius 3 is 2.93 bits per heavy atom. The van der Waals surface area contributed by atoms with Crippen molar-refractivity contribution in [3.63, 3.8) is 0 Å². The number of rotatable bonds is 6. The molecule has 3 heterocycles. The molecule has 0 saturated heterocycles. The maximum atomic E-state index is 12.7. The number of nitriles is 2. The summed E-state index contributed by atoms with van der Waals surface area (Å²) in [4.78, 5) is 17.0. The highest BCUT2D eigenvalue weighted by atomic mass is 32.1. The van der Waals surface area contributed by atoms with E-state index in [0.717, 1.165) is 21.5 Å². The summed E-state index contributed by atoms with van der Waals surface area (Å²) >= 11 is 1.37. The molecule has 148 valence electrons. The van der Waals surface area contributed by atoms with E-state index in [1.165, 1.54) is 16.3 Å². The number of hydrogen-bond acceptors (Lipinski definition) is 7. The van der Waals surface area contributed by atoms with Gasteiger partial charge in [0.2, 0.25) is 5.91 Å². The lowest BCUT2D eigenvalue weighted by molar-refractivity contribution is -0.133. The van der Waals surface area contributed by atoms with Crippen LogP contribution in [0.5, 0.6) is 0 Å². The van der Waals surface area contributed by atoms with Crippen molar-refractivity contribution < 1.29 is 4.79 Å². The van der Waals surface area contributed by atoms with Crippen LogP contribution in [-0.4, -0.2) is 31.9 Å². The van der Waals surface area contributed by atoms with Crippen LogP contribution in [-0.2, 0) is 11.3 Å². The van der Waals surface area contributed by atoms with Crippen LogP contribution in [0.3, 0.4) is 0 Å². The molecule has 3 aromatic rings. The van der Waals surface area contributed by atoms with Gasteiger partial charge in [0.1, 0.15) is 17.1 Å². The van der Waals surface area contributed by atoms with Gasteiger partial charge in [-0.1, -0.05) is 12.2 Å². The Morgan fingerprint density at radius 2 is 2.17 bits per heavy atom. The molecule has 30 heavy (non-hydrogen) atoms. The first-order valence-corrected chi connectivity index (χ1v) is 10.2. The molecule has 1 atom stereocenters. The lowest BCUT2D eigenvalue weighted by Crippen LogP contribution is -2.27. The number of carbonyl (C=O) groups is 1. The summed E-state index contributed by atoms with van der Waals surface area (Å²) in [5, 5.41) is 31.3. The number of hydrogen-bond donors (Lipinski definition) is 0. The SMILES string of the molecule is C=C(CCC(=O)N1N=CCC1c1nc(C#N)cs1)Cn1ncc2cc(C#N)ccc21. The molecule has 0 fully saturated rings. The maximum absolute atomic E-state index is 12.7. The molecular formula is C21H17N7OS. The summed E-state index contributed by atoms with van der Waals surface area (Å²) in [6.07, 6.45) is 4.81. The Balaban J connectivity index is 1.37. The van der Waals surface area contributed by atoms with E-state index in [-0.39, 0.29) is 18.4 Å². The molecule has 0 saturated carbocycles. The summed E-state index contributed by atoms with van der Waals surface area (Å²) in [6.45, 7) is 4.59. The van der Waals surface area contributed by atoms with Gasteiger partial charge >= 0.3 is 0 Å². The largest absolute Gasteiger partial charge is 0.273 e. The average molecular weight is 415 g/mol. The van der Waals surface area contributed by atoms with Gasteiger partial charge in [0.05, 0.1) is 29.9 Å². The van der Waals surface area contributed by atoms with Gasteiger partial charge in [-0.15, -0.1) is 11.3 Å². The minimum absolute atomic E-state index is 0.104. The second kappa shape index (κ2) is 8.27. The fourth-order valence-electron chi connectivity index (χ4n) is 3.32. The Bertz CT molecular complexity index is 1240. The van der Waals surface area contributed by atoms with Crippen LogP contribution in [0.4, 0.5) is 0 Å². The standard InChI is InChI=1S/C21H17N7OS/c1-14(12-27-18-4-3-15(9-22)8-16(18)11-25-27)2-5-20(29)28-19(6-7-24-28)21-26-17(10-23)13-30-21/h3-4,7-8,11,13,19H,1-2,5-6,12H2. The molecule has 1 aliphatic rings. The van der Waals surface area contributed by atoms with E-state index in [0.29, 0.717) is 30.6 Å². The quantitative estimate of drug-likeness (QED) is 0.572. The van der Waals surface area contributed by atoms with E-state index in [4.69, 9.17) is 10.5 Å². The van der Waals surface area contributed by atoms with Crippen LogP contribution in [0.15, 0.2) is 47.0 Å². The van der Waals surface area contributed by atoms with Crippen molar-refractivity contribution in [1.29, 1.82) is 10.5 Å². The molecule has 0 radical (unpaired) electrons. The Labute approximate surface area is 177 Å². The topological polar surface area (TPSA) is 111 Å². The normalized spacial score (nSPS) is 15.3. The third-order valence-corrected chi connectivity index (χ3v) is 5.79. The molecule has 1 amide bonds. The number of amides is 1. The van der Waals surface area contributed by atoms with Crippen LogP contribution in [0.2, 0.25) is 0 Å². The van der Waals surface area contributed by atoms with Gasteiger partial charge in [-0.05, 0) is 24.6 Å². The number of aromatic nitrogens is 3. The van der Waals surface area contributed by atoms with Gasteiger partial charge in [0.25, 0.3) is 0 Å². The van der Waals surface area contributed by atoms with Crippen LogP contribution < -0.4 is 0 Å². The zero-order valence-electron chi connectivity index (χ0n) is 16.0. The fraction of sp³-hybridized carbons (Fsp3) is 0.238. The van der Waals surface area contributed by atoms with Crippen molar-refractivity contribution in [2.45, 2.75) is 31.8 Å². The van der Waals surface area contributed by atoms with E-state index < -0.39 is 0 Å². The van der Waals surface area contributed by atoms with Crippen molar-refractivity contribution in [2.24, 2.45) is 5.10 Å². The van der Waals surface area contributed by atoms with Crippen molar-refractivity contribution in [3.05, 3.63) is 58.2 Å². The predicted molar refractivity (Wildman–Crippen MR) is 112 cm³/mol. The molecule has 1 aliphatic heterocycles. The van der Waals surface area contributed by atoms with Crippen LogP contribution in [0.25, 0.3) is 10.9 Å². The number of carbonyl (C=O) groups excluding carboxylic acids is 1. The molecule has 8 nitrogen and oxygen atoms in total. The Morgan fingerprint density at radius 1 is 1.30 bits per heavy atom. The van der Waals surface area contributed by atoms with E-state index >= 15 is 0 Å². The Hall–Kier alpha value is -3.82. The highest BCUT2D eigenvalue weighted by molar-refractivity contribution is 7.09. The molecule has 1 aromatic carbocycles. The average Bonchev–Trinajstić information content (AvgIpc) is 3.50. The van der Waals surface area contributed by atoms with E-state index in [1.807, 2.05) is 16.8 Å². The fourth-order valence-corrected chi connectivity index (χ4v) is 4.16. The number of nitrogens with zero attached hydrogens (tertiary/aromatic N) is 7. The lowest BCUT2D eigenvalue weighted by Gasteiger charge is -2.20. The molecule has 0 aliphatic carbocycles. The molecule has 0 bridgehead atoms. The van der Waals surface area contributed by atoms with Crippen LogP contribution in [0, 0.1) is 22.7 Å². The first-order chi connectivity index (χ1) is 14.6. The van der Waals surface area contributed by atoms with E-state index in [9.17, 15) is 4.79 Å².